The molecule has 1 saturated carbocycles. The molecule has 0 radical (unpaired) electrons. The summed E-state index contributed by atoms with van der Waals surface area (Å²) in [5.41, 5.74) is 7.66. The van der Waals surface area contributed by atoms with Gasteiger partial charge in [0, 0.05) is 12.6 Å². The van der Waals surface area contributed by atoms with Crippen molar-refractivity contribution in [1.82, 2.24) is 4.90 Å². The molecule has 1 unspecified atom stereocenters. The third-order valence-electron chi connectivity index (χ3n) is 4.80. The summed E-state index contributed by atoms with van der Waals surface area (Å²) in [5.74, 6) is 0.759. The molecule has 1 aromatic rings. The SMILES string of the molecule is CC(C)CCN(CC(C)(N)c1ccccc1)C1CCCC1. The van der Waals surface area contributed by atoms with Gasteiger partial charge in [0.05, 0.1) is 5.54 Å². The van der Waals surface area contributed by atoms with Crippen molar-refractivity contribution in [3.8, 4) is 0 Å². The van der Waals surface area contributed by atoms with E-state index in [-0.39, 0.29) is 5.54 Å². The zero-order valence-electron chi connectivity index (χ0n) is 14.0. The molecule has 0 bridgehead atoms. The van der Waals surface area contributed by atoms with Crippen molar-refractivity contribution in [2.75, 3.05) is 13.1 Å². The van der Waals surface area contributed by atoms with E-state index in [1.807, 2.05) is 0 Å². The first-order valence-corrected chi connectivity index (χ1v) is 8.57. The van der Waals surface area contributed by atoms with Crippen molar-refractivity contribution >= 4 is 0 Å². The first kappa shape index (κ1) is 16.5. The van der Waals surface area contributed by atoms with E-state index in [1.54, 1.807) is 0 Å². The van der Waals surface area contributed by atoms with Crippen molar-refractivity contribution in [1.29, 1.82) is 0 Å². The van der Waals surface area contributed by atoms with Crippen LogP contribution in [-0.4, -0.2) is 24.0 Å². The summed E-state index contributed by atoms with van der Waals surface area (Å²) in [7, 11) is 0. The van der Waals surface area contributed by atoms with Crippen LogP contribution in [0, 0.1) is 5.92 Å². The summed E-state index contributed by atoms with van der Waals surface area (Å²) in [6.45, 7) is 8.95. The summed E-state index contributed by atoms with van der Waals surface area (Å²) in [6, 6.07) is 11.3. The van der Waals surface area contributed by atoms with Crippen molar-refractivity contribution in [2.45, 2.75) is 64.5 Å². The number of benzene rings is 1. The van der Waals surface area contributed by atoms with E-state index < -0.39 is 0 Å². The first-order valence-electron chi connectivity index (χ1n) is 8.57. The zero-order chi connectivity index (χ0) is 15.3. The van der Waals surface area contributed by atoms with E-state index in [9.17, 15) is 0 Å². The normalized spacial score (nSPS) is 19.3. The van der Waals surface area contributed by atoms with Crippen LogP contribution in [0.1, 0.15) is 58.4 Å². The van der Waals surface area contributed by atoms with Crippen molar-refractivity contribution in [3.05, 3.63) is 35.9 Å². The fraction of sp³-hybridized carbons (Fsp3) is 0.684. The van der Waals surface area contributed by atoms with Gasteiger partial charge >= 0.3 is 0 Å². The molecule has 21 heavy (non-hydrogen) atoms. The molecular formula is C19H32N2. The maximum Gasteiger partial charge on any atom is 0.0510 e. The smallest absolute Gasteiger partial charge is 0.0510 e. The zero-order valence-corrected chi connectivity index (χ0v) is 14.0. The summed E-state index contributed by atoms with van der Waals surface area (Å²) in [5, 5.41) is 0. The lowest BCUT2D eigenvalue weighted by atomic mass is 9.91. The van der Waals surface area contributed by atoms with Gasteiger partial charge in [-0.15, -0.1) is 0 Å². The monoisotopic (exact) mass is 288 g/mol. The lowest BCUT2D eigenvalue weighted by Gasteiger charge is -2.37. The predicted octanol–water partition coefficient (Wildman–Crippen LogP) is 4.15. The Bertz CT molecular complexity index is 405. The fourth-order valence-corrected chi connectivity index (χ4v) is 3.42. The molecule has 1 atom stereocenters. The third-order valence-corrected chi connectivity index (χ3v) is 4.80. The minimum atomic E-state index is -0.263. The van der Waals surface area contributed by atoms with Crippen molar-refractivity contribution < 1.29 is 0 Å². The Hall–Kier alpha value is -0.860. The van der Waals surface area contributed by atoms with Gasteiger partial charge in [-0.05, 0) is 44.2 Å². The maximum atomic E-state index is 6.67. The predicted molar refractivity (Wildman–Crippen MR) is 91.3 cm³/mol. The molecule has 1 aliphatic rings. The van der Waals surface area contributed by atoms with Gasteiger partial charge in [0.1, 0.15) is 0 Å². The average molecular weight is 288 g/mol. The van der Waals surface area contributed by atoms with Crippen LogP contribution in [0.2, 0.25) is 0 Å². The Morgan fingerprint density at radius 1 is 1.19 bits per heavy atom. The van der Waals surface area contributed by atoms with E-state index in [4.69, 9.17) is 5.73 Å². The number of hydrogen-bond acceptors (Lipinski definition) is 2. The quantitative estimate of drug-likeness (QED) is 0.816. The second kappa shape index (κ2) is 7.42. The van der Waals surface area contributed by atoms with Crippen LogP contribution in [-0.2, 0) is 5.54 Å². The van der Waals surface area contributed by atoms with Crippen LogP contribution < -0.4 is 5.73 Å². The summed E-state index contributed by atoms with van der Waals surface area (Å²) in [6.07, 6.45) is 6.73. The van der Waals surface area contributed by atoms with Gasteiger partial charge < -0.3 is 5.73 Å². The Morgan fingerprint density at radius 3 is 2.38 bits per heavy atom. The lowest BCUT2D eigenvalue weighted by Crippen LogP contribution is -2.49. The number of nitrogens with two attached hydrogens (primary N) is 1. The highest BCUT2D eigenvalue weighted by Gasteiger charge is 2.29. The molecule has 2 heteroatoms. The highest BCUT2D eigenvalue weighted by molar-refractivity contribution is 5.23. The summed E-state index contributed by atoms with van der Waals surface area (Å²) in [4.78, 5) is 2.67. The molecule has 0 amide bonds. The van der Waals surface area contributed by atoms with Gasteiger partial charge in [-0.2, -0.15) is 0 Å². The fourth-order valence-electron chi connectivity index (χ4n) is 3.42. The molecule has 1 aromatic carbocycles. The minimum Gasteiger partial charge on any atom is -0.321 e. The molecule has 118 valence electrons. The molecule has 2 N–H and O–H groups in total. The number of hydrogen-bond donors (Lipinski definition) is 1. The second-order valence-corrected chi connectivity index (χ2v) is 7.37. The molecule has 2 nitrogen and oxygen atoms in total. The van der Waals surface area contributed by atoms with Gasteiger partial charge in [-0.3, -0.25) is 4.90 Å². The van der Waals surface area contributed by atoms with Crippen LogP contribution in [0.4, 0.5) is 0 Å². The standard InChI is InChI=1S/C19H32N2/c1-16(2)13-14-21(18-11-7-8-12-18)15-19(3,20)17-9-5-4-6-10-17/h4-6,9-10,16,18H,7-8,11-15,20H2,1-3H3. The highest BCUT2D eigenvalue weighted by atomic mass is 15.2. The van der Waals surface area contributed by atoms with Gasteiger partial charge in [0.2, 0.25) is 0 Å². The third kappa shape index (κ3) is 4.82. The average Bonchev–Trinajstić information content (AvgIpc) is 2.98. The molecule has 0 spiro atoms. The van der Waals surface area contributed by atoms with Gasteiger partial charge in [-0.25, -0.2) is 0 Å². The van der Waals surface area contributed by atoms with E-state index in [0.29, 0.717) is 0 Å². The van der Waals surface area contributed by atoms with Crippen LogP contribution in [0.5, 0.6) is 0 Å². The molecule has 0 aliphatic heterocycles. The van der Waals surface area contributed by atoms with Crippen molar-refractivity contribution in [3.63, 3.8) is 0 Å². The van der Waals surface area contributed by atoms with E-state index in [0.717, 1.165) is 18.5 Å². The Kier molecular flexibility index (Phi) is 5.83. The molecule has 2 rings (SSSR count). The van der Waals surface area contributed by atoms with Gasteiger partial charge in [0.15, 0.2) is 0 Å². The van der Waals surface area contributed by atoms with E-state index >= 15 is 0 Å². The summed E-state index contributed by atoms with van der Waals surface area (Å²) >= 11 is 0. The van der Waals surface area contributed by atoms with Crippen LogP contribution in [0.25, 0.3) is 0 Å². The van der Waals surface area contributed by atoms with Crippen LogP contribution in [0.15, 0.2) is 30.3 Å². The first-order chi connectivity index (χ1) is 9.99. The molecular weight excluding hydrogens is 256 g/mol. The molecule has 0 saturated heterocycles. The number of rotatable bonds is 7. The largest absolute Gasteiger partial charge is 0.321 e. The number of nitrogens with zero attached hydrogens (tertiary/aromatic N) is 1. The highest BCUT2D eigenvalue weighted by Crippen LogP contribution is 2.27. The minimum absolute atomic E-state index is 0.263. The Labute approximate surface area is 130 Å². The van der Waals surface area contributed by atoms with Crippen molar-refractivity contribution in [2.24, 2.45) is 11.7 Å². The van der Waals surface area contributed by atoms with Crippen LogP contribution >= 0.6 is 0 Å². The van der Waals surface area contributed by atoms with E-state index in [1.165, 1.54) is 44.2 Å². The second-order valence-electron chi connectivity index (χ2n) is 7.37. The molecule has 0 heterocycles. The topological polar surface area (TPSA) is 29.3 Å². The maximum absolute atomic E-state index is 6.67. The van der Waals surface area contributed by atoms with Gasteiger partial charge in [-0.1, -0.05) is 57.0 Å². The Morgan fingerprint density at radius 2 is 1.81 bits per heavy atom. The molecule has 0 aromatic heterocycles. The van der Waals surface area contributed by atoms with E-state index in [2.05, 4.69) is 56.0 Å². The molecule has 1 fully saturated rings. The Balaban J connectivity index is 2.05. The lowest BCUT2D eigenvalue weighted by molar-refractivity contribution is 0.150. The van der Waals surface area contributed by atoms with Gasteiger partial charge in [0.25, 0.3) is 0 Å². The summed E-state index contributed by atoms with van der Waals surface area (Å²) < 4.78 is 0. The molecule has 1 aliphatic carbocycles. The van der Waals surface area contributed by atoms with Crippen LogP contribution in [0.3, 0.4) is 0 Å².